The average molecular weight is 371 g/mol. The van der Waals surface area contributed by atoms with E-state index in [9.17, 15) is 14.4 Å². The van der Waals surface area contributed by atoms with Gasteiger partial charge in [-0.2, -0.15) is 0 Å². The van der Waals surface area contributed by atoms with Crippen LogP contribution in [-0.2, 0) is 0 Å². The minimum absolute atomic E-state index is 0.0899. The van der Waals surface area contributed by atoms with Gasteiger partial charge in [-0.15, -0.1) is 0 Å². The molecule has 0 radical (unpaired) electrons. The summed E-state index contributed by atoms with van der Waals surface area (Å²) in [6.45, 7) is 1.07. The Morgan fingerprint density at radius 2 is 1.68 bits per heavy atom. The van der Waals surface area contributed by atoms with Crippen LogP contribution in [0.25, 0.3) is 10.8 Å². The number of likely N-dealkylation sites (tertiary alicyclic amines) is 1. The van der Waals surface area contributed by atoms with E-state index in [1.165, 1.54) is 0 Å². The second-order valence-electron chi connectivity index (χ2n) is 7.22. The van der Waals surface area contributed by atoms with Crippen molar-refractivity contribution in [2.75, 3.05) is 13.1 Å². The van der Waals surface area contributed by atoms with Gasteiger partial charge in [0.25, 0.3) is 5.91 Å². The first-order valence-electron chi connectivity index (χ1n) is 9.54. The SMILES string of the molecule is O=Cc1ccc(C(=O)N2CCC[C@@H](C(=O)c3cccc4ccccc34)C2)cc1. The van der Waals surface area contributed by atoms with E-state index >= 15 is 0 Å². The van der Waals surface area contributed by atoms with Gasteiger partial charge >= 0.3 is 0 Å². The van der Waals surface area contributed by atoms with Gasteiger partial charge in [-0.1, -0.05) is 54.6 Å². The second kappa shape index (κ2) is 7.77. The number of carbonyl (C=O) groups excluding carboxylic acids is 3. The van der Waals surface area contributed by atoms with Crippen LogP contribution < -0.4 is 0 Å². The summed E-state index contributed by atoms with van der Waals surface area (Å²) in [5.41, 5.74) is 1.82. The van der Waals surface area contributed by atoms with Gasteiger partial charge in [-0.25, -0.2) is 0 Å². The van der Waals surface area contributed by atoms with E-state index in [-0.39, 0.29) is 17.6 Å². The molecule has 0 bridgehead atoms. The number of nitrogens with zero attached hydrogens (tertiary/aromatic N) is 1. The van der Waals surface area contributed by atoms with Gasteiger partial charge in [0.1, 0.15) is 6.29 Å². The maximum absolute atomic E-state index is 13.2. The molecule has 4 rings (SSSR count). The Morgan fingerprint density at radius 1 is 0.929 bits per heavy atom. The Bertz CT molecular complexity index is 1030. The third-order valence-corrected chi connectivity index (χ3v) is 5.43. The Kier molecular flexibility index (Phi) is 5.02. The van der Waals surface area contributed by atoms with Gasteiger partial charge in [0.15, 0.2) is 5.78 Å². The standard InChI is InChI=1S/C24H21NO3/c26-16-17-10-12-19(13-11-17)24(28)25-14-4-7-20(15-25)23(27)22-9-3-6-18-5-1-2-8-21(18)22/h1-3,5-6,8-13,16,20H,4,7,14-15H2/t20-/m1/s1. The lowest BCUT2D eigenvalue weighted by Gasteiger charge is -2.32. The highest BCUT2D eigenvalue weighted by molar-refractivity contribution is 6.09. The van der Waals surface area contributed by atoms with Gasteiger partial charge in [0.2, 0.25) is 0 Å². The number of fused-ring (bicyclic) bond motifs is 1. The third-order valence-electron chi connectivity index (χ3n) is 5.43. The Hall–Kier alpha value is -3.27. The number of carbonyl (C=O) groups is 3. The lowest BCUT2D eigenvalue weighted by atomic mass is 9.87. The van der Waals surface area contributed by atoms with Crippen molar-refractivity contribution < 1.29 is 14.4 Å². The second-order valence-corrected chi connectivity index (χ2v) is 7.22. The monoisotopic (exact) mass is 371 g/mol. The molecular weight excluding hydrogens is 350 g/mol. The highest BCUT2D eigenvalue weighted by Crippen LogP contribution is 2.26. The molecule has 0 saturated carbocycles. The van der Waals surface area contributed by atoms with Crippen molar-refractivity contribution in [2.24, 2.45) is 5.92 Å². The van der Waals surface area contributed by atoms with Gasteiger partial charge in [-0.3, -0.25) is 14.4 Å². The van der Waals surface area contributed by atoms with Crippen LogP contribution in [0.1, 0.15) is 43.9 Å². The molecule has 1 fully saturated rings. The van der Waals surface area contributed by atoms with Crippen molar-refractivity contribution in [1.82, 2.24) is 4.90 Å². The Morgan fingerprint density at radius 3 is 2.46 bits per heavy atom. The highest BCUT2D eigenvalue weighted by Gasteiger charge is 2.30. The van der Waals surface area contributed by atoms with Gasteiger partial charge in [0, 0.05) is 35.7 Å². The van der Waals surface area contributed by atoms with Gasteiger partial charge < -0.3 is 4.90 Å². The predicted molar refractivity (Wildman–Crippen MR) is 109 cm³/mol. The largest absolute Gasteiger partial charge is 0.338 e. The quantitative estimate of drug-likeness (QED) is 0.505. The molecule has 1 aliphatic rings. The first-order valence-corrected chi connectivity index (χ1v) is 9.54. The van der Waals surface area contributed by atoms with Crippen LogP contribution in [0.2, 0.25) is 0 Å². The van der Waals surface area contributed by atoms with Gasteiger partial charge in [-0.05, 0) is 35.7 Å². The normalized spacial score (nSPS) is 16.7. The number of piperidine rings is 1. The molecule has 1 aliphatic heterocycles. The molecule has 1 heterocycles. The minimum atomic E-state index is -0.197. The zero-order chi connectivity index (χ0) is 19.5. The number of benzene rings is 3. The maximum atomic E-state index is 13.2. The fourth-order valence-electron chi connectivity index (χ4n) is 3.92. The molecule has 3 aromatic rings. The first kappa shape index (κ1) is 18.1. The molecule has 4 heteroatoms. The molecule has 0 aliphatic carbocycles. The van der Waals surface area contributed by atoms with Crippen molar-refractivity contribution in [1.29, 1.82) is 0 Å². The van der Waals surface area contributed by atoms with E-state index in [0.717, 1.165) is 35.5 Å². The van der Waals surface area contributed by atoms with Crippen molar-refractivity contribution in [2.45, 2.75) is 12.8 Å². The van der Waals surface area contributed by atoms with Crippen molar-refractivity contribution in [3.05, 3.63) is 83.4 Å². The van der Waals surface area contributed by atoms with Crippen LogP contribution in [0, 0.1) is 5.92 Å². The summed E-state index contributed by atoms with van der Waals surface area (Å²) < 4.78 is 0. The summed E-state index contributed by atoms with van der Waals surface area (Å²) in [4.78, 5) is 38.6. The number of Topliss-reactive ketones (excluding diaryl/α,β-unsaturated/α-hetero) is 1. The fourth-order valence-corrected chi connectivity index (χ4v) is 3.92. The van der Waals surface area contributed by atoms with Crippen LogP contribution in [0.4, 0.5) is 0 Å². The predicted octanol–water partition coefficient (Wildman–Crippen LogP) is 4.39. The topological polar surface area (TPSA) is 54.5 Å². The highest BCUT2D eigenvalue weighted by atomic mass is 16.2. The number of aldehydes is 1. The molecule has 1 amide bonds. The smallest absolute Gasteiger partial charge is 0.253 e. The molecule has 28 heavy (non-hydrogen) atoms. The zero-order valence-corrected chi connectivity index (χ0v) is 15.5. The molecule has 3 aromatic carbocycles. The molecule has 0 spiro atoms. The van der Waals surface area contributed by atoms with Crippen LogP contribution in [0.5, 0.6) is 0 Å². The van der Waals surface area contributed by atoms with E-state index in [1.807, 2.05) is 42.5 Å². The lowest BCUT2D eigenvalue weighted by molar-refractivity contribution is 0.0637. The lowest BCUT2D eigenvalue weighted by Crippen LogP contribution is -2.42. The van der Waals surface area contributed by atoms with E-state index in [0.29, 0.717) is 24.2 Å². The summed E-state index contributed by atoms with van der Waals surface area (Å²) in [6, 6.07) is 20.3. The zero-order valence-electron chi connectivity index (χ0n) is 15.5. The fraction of sp³-hybridized carbons (Fsp3) is 0.208. The van der Waals surface area contributed by atoms with Crippen LogP contribution in [0.3, 0.4) is 0 Å². The number of amides is 1. The molecule has 140 valence electrons. The number of hydrogen-bond donors (Lipinski definition) is 0. The number of hydrogen-bond acceptors (Lipinski definition) is 3. The maximum Gasteiger partial charge on any atom is 0.253 e. The van der Waals surface area contributed by atoms with Crippen LogP contribution in [-0.4, -0.2) is 36.0 Å². The average Bonchev–Trinajstić information content (AvgIpc) is 2.78. The third kappa shape index (κ3) is 3.46. The summed E-state index contributed by atoms with van der Waals surface area (Å²) in [7, 11) is 0. The molecule has 0 N–H and O–H groups in total. The molecule has 1 atom stereocenters. The Labute approximate surface area is 163 Å². The van der Waals surface area contributed by atoms with E-state index in [4.69, 9.17) is 0 Å². The van der Waals surface area contributed by atoms with Crippen LogP contribution >= 0.6 is 0 Å². The summed E-state index contributed by atoms with van der Waals surface area (Å²) in [5.74, 6) is -0.184. The van der Waals surface area contributed by atoms with E-state index in [1.54, 1.807) is 29.2 Å². The summed E-state index contributed by atoms with van der Waals surface area (Å²) >= 11 is 0. The molecule has 4 nitrogen and oxygen atoms in total. The number of rotatable bonds is 4. The molecule has 0 unspecified atom stereocenters. The molecule has 1 saturated heterocycles. The van der Waals surface area contributed by atoms with E-state index in [2.05, 4.69) is 0 Å². The number of ketones is 1. The van der Waals surface area contributed by atoms with Crippen molar-refractivity contribution in [3.8, 4) is 0 Å². The molecule has 0 aromatic heterocycles. The van der Waals surface area contributed by atoms with E-state index < -0.39 is 0 Å². The molecular formula is C24H21NO3. The van der Waals surface area contributed by atoms with Crippen molar-refractivity contribution >= 4 is 28.7 Å². The summed E-state index contributed by atoms with van der Waals surface area (Å²) in [6.07, 6.45) is 2.35. The van der Waals surface area contributed by atoms with Crippen LogP contribution in [0.15, 0.2) is 66.7 Å². The summed E-state index contributed by atoms with van der Waals surface area (Å²) in [5, 5.41) is 2.01. The van der Waals surface area contributed by atoms with Gasteiger partial charge in [0.05, 0.1) is 0 Å². The minimum Gasteiger partial charge on any atom is -0.338 e. The van der Waals surface area contributed by atoms with Crippen molar-refractivity contribution in [3.63, 3.8) is 0 Å². The Balaban J connectivity index is 1.55. The first-order chi connectivity index (χ1) is 13.7.